The Bertz CT molecular complexity index is 4410. The third-order valence-electron chi connectivity index (χ3n) is 17.9. The summed E-state index contributed by atoms with van der Waals surface area (Å²) in [6.07, 6.45) is 6.39. The smallest absolute Gasteiger partial charge is 0.0714 e. The van der Waals surface area contributed by atoms with Crippen molar-refractivity contribution < 1.29 is 0 Å². The molecular weight excluding hydrogens is 1000 g/mol. The molecule has 83 heavy (non-hydrogen) atoms. The Morgan fingerprint density at radius 3 is 1.46 bits per heavy atom. The van der Waals surface area contributed by atoms with E-state index in [1.165, 1.54) is 120 Å². The topological polar surface area (TPSA) is 6.48 Å². The van der Waals surface area contributed by atoms with Gasteiger partial charge in [0.05, 0.1) is 5.41 Å². The summed E-state index contributed by atoms with van der Waals surface area (Å²) in [7, 11) is 0. The second kappa shape index (κ2) is 21.5. The van der Waals surface area contributed by atoms with Gasteiger partial charge in [-0.2, -0.15) is 0 Å². The van der Waals surface area contributed by atoms with Crippen LogP contribution in [0.5, 0.6) is 0 Å². The molecule has 0 spiro atoms. The molecule has 0 N–H and O–H groups in total. The standard InChI is InChI=1S/C81H62N2/c1-7-24-57(25-8-1)59-42-46-68(47-43-59)83(70-49-51-76-78(56-70)81(65-33-13-4-14-34-65,66-35-15-5-16-36-66)77-41-23-40-74(80(76)77)60-27-9-2-10-28-60)72-54-64(75-50-45-61-29-21-22-39-73(61)79(75)62-30-11-3-12-31-62)53-71(55-72)82(67-37-17-6-18-38-67)69-48-44-58-26-19-20-32-63(58)52-69/h2-6,9-23,26-57H,1,7-8,24-25H2. The maximum atomic E-state index is 2.55. The molecule has 0 radical (unpaired) electrons. The van der Waals surface area contributed by atoms with Gasteiger partial charge in [0, 0.05) is 34.1 Å². The highest BCUT2D eigenvalue weighted by Crippen LogP contribution is 2.60. The second-order valence-electron chi connectivity index (χ2n) is 22.6. The van der Waals surface area contributed by atoms with E-state index in [0.717, 1.165) is 39.7 Å². The van der Waals surface area contributed by atoms with E-state index < -0.39 is 5.41 Å². The summed E-state index contributed by atoms with van der Waals surface area (Å²) < 4.78 is 0. The number of rotatable bonds is 12. The number of fused-ring (bicyclic) bond motifs is 5. The van der Waals surface area contributed by atoms with Gasteiger partial charge in [-0.1, -0.05) is 262 Å². The predicted octanol–water partition coefficient (Wildman–Crippen LogP) is 22.3. The van der Waals surface area contributed by atoms with E-state index in [1.807, 2.05) is 0 Å². The lowest BCUT2D eigenvalue weighted by molar-refractivity contribution is 0.443. The van der Waals surface area contributed by atoms with E-state index in [2.05, 4.69) is 319 Å². The van der Waals surface area contributed by atoms with Crippen LogP contribution in [0.15, 0.2) is 309 Å². The van der Waals surface area contributed by atoms with Crippen molar-refractivity contribution in [2.24, 2.45) is 0 Å². The Kier molecular flexibility index (Phi) is 12.9. The second-order valence-corrected chi connectivity index (χ2v) is 22.6. The molecule has 15 rings (SSSR count). The van der Waals surface area contributed by atoms with E-state index >= 15 is 0 Å². The average molecular weight is 1060 g/mol. The molecule has 13 aromatic rings. The van der Waals surface area contributed by atoms with Crippen molar-refractivity contribution in [2.75, 3.05) is 9.80 Å². The summed E-state index contributed by atoms with van der Waals surface area (Å²) in [6.45, 7) is 0. The van der Waals surface area contributed by atoms with Crippen molar-refractivity contribution in [2.45, 2.75) is 43.4 Å². The van der Waals surface area contributed by atoms with Gasteiger partial charge in [-0.3, -0.25) is 0 Å². The Labute approximate surface area is 487 Å². The number of benzene rings is 13. The van der Waals surface area contributed by atoms with Crippen LogP contribution in [0.3, 0.4) is 0 Å². The van der Waals surface area contributed by atoms with Crippen LogP contribution in [-0.2, 0) is 5.41 Å². The lowest BCUT2D eigenvalue weighted by Crippen LogP contribution is -2.28. The van der Waals surface area contributed by atoms with Crippen molar-refractivity contribution in [1.29, 1.82) is 0 Å². The number of hydrogen-bond acceptors (Lipinski definition) is 2. The first-order chi connectivity index (χ1) is 41.2. The monoisotopic (exact) mass is 1060 g/mol. The maximum absolute atomic E-state index is 2.55. The molecule has 1 fully saturated rings. The van der Waals surface area contributed by atoms with E-state index in [0.29, 0.717) is 5.92 Å². The molecule has 1 saturated carbocycles. The van der Waals surface area contributed by atoms with Crippen LogP contribution in [-0.4, -0.2) is 0 Å². The third kappa shape index (κ3) is 8.90. The van der Waals surface area contributed by atoms with E-state index in [1.54, 1.807) is 0 Å². The molecule has 0 atom stereocenters. The van der Waals surface area contributed by atoms with Gasteiger partial charge in [0.2, 0.25) is 0 Å². The summed E-state index contributed by atoms with van der Waals surface area (Å²) >= 11 is 0. The molecule has 0 aromatic heterocycles. The first-order valence-electron chi connectivity index (χ1n) is 29.6. The fourth-order valence-electron chi connectivity index (χ4n) is 14.1. The molecule has 2 nitrogen and oxygen atoms in total. The fraction of sp³-hybridized carbons (Fsp3) is 0.0864. The summed E-state index contributed by atoms with van der Waals surface area (Å²) in [5, 5.41) is 4.83. The highest BCUT2D eigenvalue weighted by molar-refractivity contribution is 6.05. The number of anilines is 6. The van der Waals surface area contributed by atoms with Crippen LogP contribution in [0.1, 0.15) is 65.8 Å². The summed E-state index contributed by atoms with van der Waals surface area (Å²) in [5.74, 6) is 0.571. The molecule has 0 bridgehead atoms. The van der Waals surface area contributed by atoms with Crippen LogP contribution in [0.4, 0.5) is 34.1 Å². The van der Waals surface area contributed by atoms with Crippen molar-refractivity contribution in [3.8, 4) is 44.5 Å². The van der Waals surface area contributed by atoms with Crippen molar-refractivity contribution in [3.05, 3.63) is 337 Å². The van der Waals surface area contributed by atoms with Crippen LogP contribution < -0.4 is 9.80 Å². The zero-order valence-corrected chi connectivity index (χ0v) is 46.5. The van der Waals surface area contributed by atoms with Crippen LogP contribution in [0.2, 0.25) is 0 Å². The van der Waals surface area contributed by atoms with Crippen molar-refractivity contribution in [3.63, 3.8) is 0 Å². The van der Waals surface area contributed by atoms with Crippen LogP contribution in [0.25, 0.3) is 66.1 Å². The first-order valence-corrected chi connectivity index (χ1v) is 29.6. The molecule has 0 aliphatic heterocycles. The third-order valence-corrected chi connectivity index (χ3v) is 17.9. The highest BCUT2D eigenvalue weighted by Gasteiger charge is 2.47. The normalized spacial score (nSPS) is 13.6. The quantitative estimate of drug-likeness (QED) is 0.120. The molecule has 13 aromatic carbocycles. The Morgan fingerprint density at radius 2 is 0.783 bits per heavy atom. The number of nitrogens with zero attached hydrogens (tertiary/aromatic N) is 2. The van der Waals surface area contributed by atoms with Crippen molar-refractivity contribution >= 4 is 55.7 Å². The Hall–Kier alpha value is -10.0. The largest absolute Gasteiger partial charge is 0.310 e. The molecular formula is C81H62N2. The van der Waals surface area contributed by atoms with Gasteiger partial charge in [0.1, 0.15) is 0 Å². The van der Waals surface area contributed by atoms with Crippen LogP contribution >= 0.6 is 0 Å². The van der Waals surface area contributed by atoms with Gasteiger partial charge in [-0.15, -0.1) is 0 Å². The Morgan fingerprint density at radius 1 is 0.277 bits per heavy atom. The zero-order chi connectivity index (χ0) is 55.1. The number of hydrogen-bond donors (Lipinski definition) is 0. The Balaban J connectivity index is 1.03. The van der Waals surface area contributed by atoms with Gasteiger partial charge in [-0.25, -0.2) is 0 Å². The number of para-hydroxylation sites is 1. The van der Waals surface area contributed by atoms with E-state index in [9.17, 15) is 0 Å². The first kappa shape index (κ1) is 50.0. The predicted molar refractivity (Wildman–Crippen MR) is 350 cm³/mol. The van der Waals surface area contributed by atoms with Gasteiger partial charge < -0.3 is 9.80 Å². The summed E-state index contributed by atoms with van der Waals surface area (Å²) in [5.41, 5.74) is 21.9. The molecule has 0 amide bonds. The molecule has 0 unspecified atom stereocenters. The molecule has 0 saturated heterocycles. The van der Waals surface area contributed by atoms with E-state index in [4.69, 9.17) is 0 Å². The van der Waals surface area contributed by atoms with Gasteiger partial charge in [0.15, 0.2) is 0 Å². The fourth-order valence-corrected chi connectivity index (χ4v) is 14.1. The minimum atomic E-state index is -0.645. The molecule has 2 heteroatoms. The van der Waals surface area contributed by atoms with E-state index in [-0.39, 0.29) is 0 Å². The van der Waals surface area contributed by atoms with Crippen molar-refractivity contribution in [1.82, 2.24) is 0 Å². The molecule has 0 heterocycles. The summed E-state index contributed by atoms with van der Waals surface area (Å²) in [4.78, 5) is 5.00. The summed E-state index contributed by atoms with van der Waals surface area (Å²) in [6, 6.07) is 116. The SMILES string of the molecule is c1ccc(-c2cccc3c2-c2ccc(N(c4ccc(C5CCCCC5)cc4)c4cc(-c5ccc6ccccc6c5-c5ccccc5)cc(N(c5ccccc5)c5ccc6ccccc6c5)c4)cc2C3(c2ccccc2)c2ccccc2)cc1. The minimum Gasteiger partial charge on any atom is -0.310 e. The maximum Gasteiger partial charge on any atom is 0.0714 e. The highest BCUT2D eigenvalue weighted by atomic mass is 15.2. The zero-order valence-electron chi connectivity index (χ0n) is 46.5. The minimum absolute atomic E-state index is 0.571. The molecule has 2 aliphatic rings. The lowest BCUT2D eigenvalue weighted by Gasteiger charge is -2.35. The van der Waals surface area contributed by atoms with Gasteiger partial charge in [-0.05, 0) is 179 Å². The molecule has 396 valence electrons. The van der Waals surface area contributed by atoms with Crippen LogP contribution in [0, 0.1) is 0 Å². The van der Waals surface area contributed by atoms with Gasteiger partial charge in [0.25, 0.3) is 0 Å². The average Bonchev–Trinajstić information content (AvgIpc) is 1.92. The molecule has 2 aliphatic carbocycles. The lowest BCUT2D eigenvalue weighted by atomic mass is 9.67. The van der Waals surface area contributed by atoms with Gasteiger partial charge >= 0.3 is 0 Å².